The van der Waals surface area contributed by atoms with Gasteiger partial charge in [0.05, 0.1) is 0 Å². The third-order valence-corrected chi connectivity index (χ3v) is 6.94. The molecule has 3 heteroatoms. The Kier molecular flexibility index (Phi) is 7.16. The first kappa shape index (κ1) is 24.4. The van der Waals surface area contributed by atoms with Gasteiger partial charge in [-0.05, 0) is 65.1 Å². The second-order valence-electron chi connectivity index (χ2n) is 9.89. The Labute approximate surface area is 211 Å². The molecule has 0 heterocycles. The highest BCUT2D eigenvalue weighted by Gasteiger charge is 2.37. The third-order valence-electron chi connectivity index (χ3n) is 6.94. The van der Waals surface area contributed by atoms with Crippen molar-refractivity contribution in [2.75, 3.05) is 57.0 Å². The maximum absolute atomic E-state index is 2.30. The summed E-state index contributed by atoms with van der Waals surface area (Å²) in [6.07, 6.45) is 0.873. The van der Waals surface area contributed by atoms with Gasteiger partial charge in [0.15, 0.2) is 0 Å². The fraction of sp³-hybridized carbons (Fsp3) is 0.250. The van der Waals surface area contributed by atoms with Gasteiger partial charge in [-0.1, -0.05) is 66.7 Å². The average Bonchev–Trinajstić information content (AvgIpc) is 2.88. The lowest BCUT2D eigenvalue weighted by atomic mass is 9.66. The quantitative estimate of drug-likeness (QED) is 0.278. The standard InChI is InChI=1S/C32H37N3/c1-33(2)29-18-12-26(13-19-29)32(24-25-10-8-7-9-11-25,27-14-20-30(21-15-27)34(3)4)28-16-22-31(23-17-28)35(5)6/h7-23H,24H2,1-6H3. The van der Waals surface area contributed by atoms with E-state index in [9.17, 15) is 0 Å². The van der Waals surface area contributed by atoms with E-state index < -0.39 is 0 Å². The van der Waals surface area contributed by atoms with Crippen LogP contribution in [0.25, 0.3) is 0 Å². The van der Waals surface area contributed by atoms with E-state index in [1.807, 2.05) is 0 Å². The average molecular weight is 464 g/mol. The molecule has 0 N–H and O–H groups in total. The maximum Gasteiger partial charge on any atom is 0.0491 e. The Bertz CT molecular complexity index is 1080. The summed E-state index contributed by atoms with van der Waals surface area (Å²) in [5.74, 6) is 0. The summed E-state index contributed by atoms with van der Waals surface area (Å²) in [6.45, 7) is 0. The number of anilines is 3. The van der Waals surface area contributed by atoms with Crippen LogP contribution in [-0.2, 0) is 11.8 Å². The summed E-state index contributed by atoms with van der Waals surface area (Å²) in [5, 5.41) is 0. The van der Waals surface area contributed by atoms with Crippen LogP contribution in [-0.4, -0.2) is 42.3 Å². The molecule has 0 aliphatic carbocycles. The Balaban J connectivity index is 1.98. The van der Waals surface area contributed by atoms with Crippen LogP contribution < -0.4 is 14.7 Å². The molecule has 4 rings (SSSR count). The van der Waals surface area contributed by atoms with Gasteiger partial charge in [-0.2, -0.15) is 0 Å². The molecule has 0 aromatic heterocycles. The van der Waals surface area contributed by atoms with E-state index in [0.29, 0.717) is 0 Å². The zero-order chi connectivity index (χ0) is 25.0. The zero-order valence-electron chi connectivity index (χ0n) is 21.9. The highest BCUT2D eigenvalue weighted by atomic mass is 15.1. The first-order valence-electron chi connectivity index (χ1n) is 12.2. The van der Waals surface area contributed by atoms with Gasteiger partial charge >= 0.3 is 0 Å². The van der Waals surface area contributed by atoms with Crippen molar-refractivity contribution < 1.29 is 0 Å². The van der Waals surface area contributed by atoms with E-state index >= 15 is 0 Å². The minimum Gasteiger partial charge on any atom is -0.378 e. The predicted molar refractivity (Wildman–Crippen MR) is 152 cm³/mol. The molecule has 0 saturated heterocycles. The summed E-state index contributed by atoms with van der Waals surface area (Å²) in [4.78, 5) is 6.46. The Morgan fingerprint density at radius 3 is 1.03 bits per heavy atom. The normalized spacial score (nSPS) is 11.3. The zero-order valence-corrected chi connectivity index (χ0v) is 21.9. The molecule has 0 unspecified atom stereocenters. The minimum absolute atomic E-state index is 0.331. The van der Waals surface area contributed by atoms with Crippen molar-refractivity contribution in [3.63, 3.8) is 0 Å². The van der Waals surface area contributed by atoms with E-state index in [2.05, 4.69) is 160 Å². The molecule has 4 aromatic carbocycles. The summed E-state index contributed by atoms with van der Waals surface area (Å²) in [6, 6.07) is 38.1. The topological polar surface area (TPSA) is 9.72 Å². The molecule has 3 nitrogen and oxygen atoms in total. The van der Waals surface area contributed by atoms with Crippen molar-refractivity contribution in [1.29, 1.82) is 0 Å². The van der Waals surface area contributed by atoms with E-state index in [1.165, 1.54) is 39.3 Å². The molecule has 0 atom stereocenters. The molecule has 35 heavy (non-hydrogen) atoms. The predicted octanol–water partition coefficient (Wildman–Crippen LogP) is 6.46. The summed E-state index contributed by atoms with van der Waals surface area (Å²) in [5.41, 5.74) is 8.47. The van der Waals surface area contributed by atoms with Gasteiger partial charge in [0, 0.05) is 64.8 Å². The van der Waals surface area contributed by atoms with Crippen molar-refractivity contribution in [2.45, 2.75) is 11.8 Å². The van der Waals surface area contributed by atoms with E-state index in [-0.39, 0.29) is 5.41 Å². The second kappa shape index (κ2) is 10.3. The lowest BCUT2D eigenvalue weighted by molar-refractivity contribution is 0.613. The summed E-state index contributed by atoms with van der Waals surface area (Å²) >= 11 is 0. The maximum atomic E-state index is 2.30. The number of benzene rings is 4. The molecule has 180 valence electrons. The van der Waals surface area contributed by atoms with Crippen LogP contribution in [0.3, 0.4) is 0 Å². The first-order chi connectivity index (χ1) is 16.8. The fourth-order valence-electron chi connectivity index (χ4n) is 4.84. The SMILES string of the molecule is CN(C)c1ccc(C(Cc2ccccc2)(c2ccc(N(C)C)cc2)c2ccc(N(C)C)cc2)cc1. The van der Waals surface area contributed by atoms with E-state index in [4.69, 9.17) is 0 Å². The molecule has 0 spiro atoms. The first-order valence-corrected chi connectivity index (χ1v) is 12.2. The van der Waals surface area contributed by atoms with E-state index in [0.717, 1.165) is 6.42 Å². The van der Waals surface area contributed by atoms with Crippen molar-refractivity contribution >= 4 is 17.1 Å². The highest BCUT2D eigenvalue weighted by molar-refractivity contribution is 5.59. The van der Waals surface area contributed by atoms with Crippen molar-refractivity contribution in [1.82, 2.24) is 0 Å². The van der Waals surface area contributed by atoms with Gasteiger partial charge in [0.1, 0.15) is 0 Å². The largest absolute Gasteiger partial charge is 0.378 e. The van der Waals surface area contributed by atoms with Gasteiger partial charge < -0.3 is 14.7 Å². The summed E-state index contributed by atoms with van der Waals surface area (Å²) < 4.78 is 0. The number of hydrogen-bond acceptors (Lipinski definition) is 3. The molecule has 0 aliphatic rings. The number of hydrogen-bond donors (Lipinski definition) is 0. The van der Waals surface area contributed by atoms with Gasteiger partial charge in [-0.25, -0.2) is 0 Å². The van der Waals surface area contributed by atoms with Gasteiger partial charge in [-0.15, -0.1) is 0 Å². The summed E-state index contributed by atoms with van der Waals surface area (Å²) in [7, 11) is 12.5. The van der Waals surface area contributed by atoms with Crippen LogP contribution in [0.4, 0.5) is 17.1 Å². The monoisotopic (exact) mass is 463 g/mol. The van der Waals surface area contributed by atoms with Crippen LogP contribution in [0.1, 0.15) is 22.3 Å². The Hall–Kier alpha value is -3.72. The van der Waals surface area contributed by atoms with Crippen molar-refractivity contribution in [3.05, 3.63) is 125 Å². The smallest absolute Gasteiger partial charge is 0.0491 e. The lowest BCUT2D eigenvalue weighted by Gasteiger charge is -2.37. The van der Waals surface area contributed by atoms with Crippen LogP contribution >= 0.6 is 0 Å². The molecule has 0 fully saturated rings. The van der Waals surface area contributed by atoms with E-state index in [1.54, 1.807) is 0 Å². The molecule has 0 aliphatic heterocycles. The van der Waals surface area contributed by atoms with Crippen LogP contribution in [0.5, 0.6) is 0 Å². The van der Waals surface area contributed by atoms with Crippen molar-refractivity contribution in [3.8, 4) is 0 Å². The van der Waals surface area contributed by atoms with Gasteiger partial charge in [-0.3, -0.25) is 0 Å². The third kappa shape index (κ3) is 5.05. The molecular weight excluding hydrogens is 426 g/mol. The molecule has 0 radical (unpaired) electrons. The second-order valence-corrected chi connectivity index (χ2v) is 9.89. The lowest BCUT2D eigenvalue weighted by Crippen LogP contribution is -2.32. The Morgan fingerprint density at radius 1 is 0.429 bits per heavy atom. The minimum atomic E-state index is -0.331. The molecule has 0 amide bonds. The number of rotatable bonds is 8. The number of nitrogens with zero attached hydrogens (tertiary/aromatic N) is 3. The van der Waals surface area contributed by atoms with Crippen molar-refractivity contribution in [2.24, 2.45) is 0 Å². The molecule has 0 saturated carbocycles. The van der Waals surface area contributed by atoms with Crippen LogP contribution in [0.2, 0.25) is 0 Å². The molecular formula is C32H37N3. The fourth-order valence-corrected chi connectivity index (χ4v) is 4.84. The molecule has 4 aromatic rings. The van der Waals surface area contributed by atoms with Gasteiger partial charge in [0.25, 0.3) is 0 Å². The van der Waals surface area contributed by atoms with Crippen LogP contribution in [0, 0.1) is 0 Å². The highest BCUT2D eigenvalue weighted by Crippen LogP contribution is 2.43. The van der Waals surface area contributed by atoms with Crippen LogP contribution in [0.15, 0.2) is 103 Å². The Morgan fingerprint density at radius 2 is 0.743 bits per heavy atom. The molecule has 0 bridgehead atoms. The van der Waals surface area contributed by atoms with Gasteiger partial charge in [0.2, 0.25) is 0 Å².